The van der Waals surface area contributed by atoms with Crippen molar-refractivity contribution < 1.29 is 14.6 Å². The fourth-order valence-electron chi connectivity index (χ4n) is 2.09. The van der Waals surface area contributed by atoms with Crippen LogP contribution >= 0.6 is 0 Å². The third-order valence-electron chi connectivity index (χ3n) is 3.12. The highest BCUT2D eigenvalue weighted by atomic mass is 16.5. The predicted molar refractivity (Wildman–Crippen MR) is 87.4 cm³/mol. The Morgan fingerprint density at radius 1 is 1.27 bits per heavy atom. The third kappa shape index (κ3) is 7.04. The van der Waals surface area contributed by atoms with Crippen LogP contribution in [0, 0.1) is 6.92 Å². The van der Waals surface area contributed by atoms with E-state index in [1.807, 2.05) is 20.8 Å². The van der Waals surface area contributed by atoms with Gasteiger partial charge in [-0.25, -0.2) is 9.97 Å². The molecule has 1 aromatic rings. The monoisotopic (exact) mass is 311 g/mol. The molecule has 1 heterocycles. The molecule has 0 saturated carbocycles. The van der Waals surface area contributed by atoms with Crippen molar-refractivity contribution in [1.82, 2.24) is 9.97 Å². The quantitative estimate of drug-likeness (QED) is 0.612. The molecule has 6 heteroatoms. The van der Waals surface area contributed by atoms with Gasteiger partial charge >= 0.3 is 0 Å². The number of aromatic nitrogens is 2. The summed E-state index contributed by atoms with van der Waals surface area (Å²) in [5.41, 5.74) is 0. The topological polar surface area (TPSA) is 76.5 Å². The lowest BCUT2D eigenvalue weighted by atomic mass is 10.1. The summed E-state index contributed by atoms with van der Waals surface area (Å²) in [6.07, 6.45) is 4.57. The molecule has 1 aromatic heterocycles. The van der Waals surface area contributed by atoms with Crippen molar-refractivity contribution in [3.63, 3.8) is 0 Å². The number of hydrogen-bond donors (Lipinski definition) is 2. The number of nitrogens with zero attached hydrogens (tertiary/aromatic N) is 2. The van der Waals surface area contributed by atoms with Gasteiger partial charge < -0.3 is 19.9 Å². The van der Waals surface area contributed by atoms with Crippen molar-refractivity contribution in [1.29, 1.82) is 0 Å². The number of rotatable bonds is 11. The summed E-state index contributed by atoms with van der Waals surface area (Å²) in [5.74, 6) is 1.99. The minimum Gasteiger partial charge on any atom is -0.486 e. The van der Waals surface area contributed by atoms with E-state index in [-0.39, 0.29) is 18.8 Å². The maximum absolute atomic E-state index is 9.17. The van der Waals surface area contributed by atoms with Crippen molar-refractivity contribution in [3.05, 3.63) is 12.0 Å². The Kier molecular flexibility index (Phi) is 8.77. The van der Waals surface area contributed by atoms with Crippen molar-refractivity contribution in [2.24, 2.45) is 0 Å². The summed E-state index contributed by atoms with van der Waals surface area (Å²) in [6.45, 7) is 9.09. The largest absolute Gasteiger partial charge is 0.486 e. The Morgan fingerprint density at radius 2 is 2.05 bits per heavy atom. The second-order valence-corrected chi connectivity index (χ2v) is 5.54. The molecule has 0 aliphatic carbocycles. The molecule has 0 spiro atoms. The number of ether oxygens (including phenoxy) is 2. The van der Waals surface area contributed by atoms with Gasteiger partial charge in [0, 0.05) is 12.6 Å². The average molecular weight is 311 g/mol. The molecule has 0 fully saturated rings. The molecular weight excluding hydrogens is 282 g/mol. The summed E-state index contributed by atoms with van der Waals surface area (Å²) in [5, 5.41) is 12.5. The Labute approximate surface area is 133 Å². The van der Waals surface area contributed by atoms with E-state index in [1.54, 1.807) is 6.20 Å². The van der Waals surface area contributed by atoms with Gasteiger partial charge in [0.15, 0.2) is 11.6 Å². The first-order chi connectivity index (χ1) is 10.6. The predicted octanol–water partition coefficient (Wildman–Crippen LogP) is 2.55. The molecule has 1 rings (SSSR count). The molecule has 0 radical (unpaired) electrons. The van der Waals surface area contributed by atoms with E-state index in [9.17, 15) is 0 Å². The zero-order valence-corrected chi connectivity index (χ0v) is 14.1. The smallest absolute Gasteiger partial charge is 0.179 e. The van der Waals surface area contributed by atoms with Crippen molar-refractivity contribution in [2.45, 2.75) is 59.1 Å². The molecule has 0 bridgehead atoms. The molecule has 2 N–H and O–H groups in total. The second-order valence-electron chi connectivity index (χ2n) is 5.54. The highest BCUT2D eigenvalue weighted by Crippen LogP contribution is 2.23. The van der Waals surface area contributed by atoms with Gasteiger partial charge in [0.2, 0.25) is 0 Å². The van der Waals surface area contributed by atoms with Crippen LogP contribution in [0.25, 0.3) is 0 Å². The van der Waals surface area contributed by atoms with Crippen LogP contribution in [0.2, 0.25) is 0 Å². The van der Waals surface area contributed by atoms with Crippen LogP contribution < -0.4 is 10.1 Å². The maximum atomic E-state index is 9.17. The molecule has 22 heavy (non-hydrogen) atoms. The van der Waals surface area contributed by atoms with Crippen LogP contribution in [-0.4, -0.2) is 47.0 Å². The fraction of sp³-hybridized carbons (Fsp3) is 0.750. The minimum atomic E-state index is 0.153. The lowest BCUT2D eigenvalue weighted by Crippen LogP contribution is -2.22. The van der Waals surface area contributed by atoms with Gasteiger partial charge in [-0.05, 0) is 33.6 Å². The minimum absolute atomic E-state index is 0.153. The zero-order chi connectivity index (χ0) is 16.4. The number of aliphatic hydroxyl groups is 1. The number of nitrogens with one attached hydrogen (secondary N) is 1. The second kappa shape index (κ2) is 10.3. The van der Waals surface area contributed by atoms with E-state index in [4.69, 9.17) is 14.6 Å². The highest BCUT2D eigenvalue weighted by Gasteiger charge is 2.13. The Hall–Kier alpha value is -1.40. The Bertz CT molecular complexity index is 421. The van der Waals surface area contributed by atoms with E-state index in [2.05, 4.69) is 22.2 Å². The summed E-state index contributed by atoms with van der Waals surface area (Å²) in [6, 6.07) is 0.179. The zero-order valence-electron chi connectivity index (χ0n) is 14.1. The van der Waals surface area contributed by atoms with E-state index < -0.39 is 0 Å². The molecule has 126 valence electrons. The van der Waals surface area contributed by atoms with Crippen LogP contribution in [0.5, 0.6) is 5.75 Å². The number of aryl methyl sites for hydroxylation is 1. The van der Waals surface area contributed by atoms with Gasteiger partial charge in [0.1, 0.15) is 12.4 Å². The number of anilines is 1. The molecule has 0 aliphatic heterocycles. The first-order valence-corrected chi connectivity index (χ1v) is 8.02. The molecule has 0 aromatic carbocycles. The molecule has 1 atom stereocenters. The molecule has 0 unspecified atom stereocenters. The van der Waals surface area contributed by atoms with Gasteiger partial charge in [-0.3, -0.25) is 0 Å². The summed E-state index contributed by atoms with van der Waals surface area (Å²) in [7, 11) is 0. The Balaban J connectivity index is 2.68. The first-order valence-electron chi connectivity index (χ1n) is 8.02. The van der Waals surface area contributed by atoms with Crippen LogP contribution in [0.1, 0.15) is 45.9 Å². The molecule has 0 saturated heterocycles. The van der Waals surface area contributed by atoms with Gasteiger partial charge in [0.25, 0.3) is 0 Å². The summed E-state index contributed by atoms with van der Waals surface area (Å²) < 4.78 is 11.2. The van der Waals surface area contributed by atoms with E-state index in [0.29, 0.717) is 37.0 Å². The van der Waals surface area contributed by atoms with Crippen molar-refractivity contribution in [3.8, 4) is 5.75 Å². The number of hydrogen-bond acceptors (Lipinski definition) is 6. The lowest BCUT2D eigenvalue weighted by Gasteiger charge is -2.20. The van der Waals surface area contributed by atoms with Gasteiger partial charge in [-0.1, -0.05) is 13.3 Å². The fourth-order valence-corrected chi connectivity index (χ4v) is 2.09. The van der Waals surface area contributed by atoms with Gasteiger partial charge in [-0.15, -0.1) is 0 Å². The van der Waals surface area contributed by atoms with Crippen LogP contribution in [-0.2, 0) is 4.74 Å². The van der Waals surface area contributed by atoms with Crippen molar-refractivity contribution >= 4 is 5.82 Å². The van der Waals surface area contributed by atoms with Crippen LogP contribution in [0.3, 0.4) is 0 Å². The van der Waals surface area contributed by atoms with Gasteiger partial charge in [-0.2, -0.15) is 0 Å². The molecule has 0 aliphatic rings. The lowest BCUT2D eigenvalue weighted by molar-refractivity contribution is 0.0552. The van der Waals surface area contributed by atoms with Gasteiger partial charge in [0.05, 0.1) is 18.9 Å². The van der Waals surface area contributed by atoms with Crippen LogP contribution in [0.4, 0.5) is 5.82 Å². The highest BCUT2D eigenvalue weighted by molar-refractivity contribution is 5.49. The third-order valence-corrected chi connectivity index (χ3v) is 3.12. The molecule has 6 nitrogen and oxygen atoms in total. The average Bonchev–Trinajstić information content (AvgIpc) is 2.45. The summed E-state index contributed by atoms with van der Waals surface area (Å²) >= 11 is 0. The SMILES string of the molecule is CCC[C@@H](CCO)Nc1nc(C)ncc1OCCOC(C)C. The van der Waals surface area contributed by atoms with E-state index >= 15 is 0 Å². The van der Waals surface area contributed by atoms with E-state index in [0.717, 1.165) is 12.8 Å². The van der Waals surface area contributed by atoms with Crippen molar-refractivity contribution in [2.75, 3.05) is 25.1 Å². The normalized spacial score (nSPS) is 12.5. The maximum Gasteiger partial charge on any atom is 0.179 e. The first kappa shape index (κ1) is 18.6. The Morgan fingerprint density at radius 3 is 2.68 bits per heavy atom. The molecule has 0 amide bonds. The van der Waals surface area contributed by atoms with Crippen LogP contribution in [0.15, 0.2) is 6.20 Å². The standard InChI is InChI=1S/C16H29N3O3/c1-5-6-14(7-8-20)19-16-15(11-17-13(4)18-16)22-10-9-21-12(2)3/h11-12,14,20H,5-10H2,1-4H3,(H,17,18,19)/t14-/m0/s1. The summed E-state index contributed by atoms with van der Waals surface area (Å²) in [4.78, 5) is 8.61. The molecular formula is C16H29N3O3. The van der Waals surface area contributed by atoms with E-state index in [1.165, 1.54) is 0 Å². The number of aliphatic hydroxyl groups excluding tert-OH is 1.